The monoisotopic (exact) mass is 501 g/mol. The number of benzene rings is 2. The zero-order valence-electron chi connectivity index (χ0n) is 18.6. The van der Waals surface area contributed by atoms with Crippen LogP contribution >= 0.6 is 24.0 Å². The number of carboxylic acids is 1. The maximum atomic E-state index is 11.0. The second-order valence-electron chi connectivity index (χ2n) is 8.10. The maximum absolute atomic E-state index is 11.0. The maximum Gasteiger partial charge on any atom is 0.303 e. The van der Waals surface area contributed by atoms with Crippen LogP contribution in [0.25, 0.3) is 10.8 Å². The molecule has 2 heterocycles. The van der Waals surface area contributed by atoms with E-state index in [1.807, 2.05) is 30.3 Å². The molecule has 1 fully saturated rings. The number of fused-ring (bicyclic) bond motifs is 1. The summed E-state index contributed by atoms with van der Waals surface area (Å²) < 4.78 is 5.20. The Balaban J connectivity index is 0.00000324. The largest absolute Gasteiger partial charge is 0.495 e. The molecule has 3 aromatic rings. The van der Waals surface area contributed by atoms with Crippen molar-refractivity contribution in [2.75, 3.05) is 30.4 Å². The number of hydrogen-bond acceptors (Lipinski definition) is 7. The Morgan fingerprint density at radius 3 is 2.65 bits per heavy atom. The van der Waals surface area contributed by atoms with Crippen molar-refractivity contribution in [2.24, 2.45) is 5.92 Å². The number of methoxy groups -OCH3 is 1. The van der Waals surface area contributed by atoms with E-state index in [1.165, 1.54) is 0 Å². The fourth-order valence-electron chi connectivity index (χ4n) is 4.18. The summed E-state index contributed by atoms with van der Waals surface area (Å²) >= 11 is 6.24. The van der Waals surface area contributed by atoms with Gasteiger partial charge in [0.2, 0.25) is 0 Å². The van der Waals surface area contributed by atoms with Crippen LogP contribution in [0.15, 0.2) is 36.4 Å². The van der Waals surface area contributed by atoms with E-state index >= 15 is 0 Å². The van der Waals surface area contributed by atoms with Crippen molar-refractivity contribution >= 4 is 52.4 Å². The number of aliphatic carboxylic acids is 1. The molecule has 4 rings (SSSR count). The molecule has 0 saturated carbocycles. The number of carbonyl (C=O) groups is 1. The van der Waals surface area contributed by atoms with Crippen LogP contribution in [0.5, 0.6) is 5.75 Å². The summed E-state index contributed by atoms with van der Waals surface area (Å²) in [7, 11) is 1.57. The third kappa shape index (κ3) is 5.61. The molecule has 34 heavy (non-hydrogen) atoms. The first kappa shape index (κ1) is 25.3. The van der Waals surface area contributed by atoms with Gasteiger partial charge < -0.3 is 20.1 Å². The van der Waals surface area contributed by atoms with Gasteiger partial charge in [-0.1, -0.05) is 17.7 Å². The molecule has 10 heteroatoms. The third-order valence-corrected chi connectivity index (χ3v) is 6.24. The zero-order chi connectivity index (χ0) is 23.4. The Kier molecular flexibility index (Phi) is 8.37. The van der Waals surface area contributed by atoms with Crippen LogP contribution in [0, 0.1) is 17.2 Å². The molecule has 2 aromatic carbocycles. The van der Waals surface area contributed by atoms with Crippen LogP contribution in [0.4, 0.5) is 11.6 Å². The minimum atomic E-state index is -0.753. The number of ether oxygens (including phenoxy) is 1. The van der Waals surface area contributed by atoms with Crippen molar-refractivity contribution in [1.29, 1.82) is 5.26 Å². The van der Waals surface area contributed by atoms with Crippen LogP contribution in [0.1, 0.15) is 30.4 Å². The van der Waals surface area contributed by atoms with Gasteiger partial charge in [-0.25, -0.2) is 0 Å². The topological polar surface area (TPSA) is 111 Å². The van der Waals surface area contributed by atoms with E-state index in [1.54, 1.807) is 13.2 Å². The summed E-state index contributed by atoms with van der Waals surface area (Å²) in [6.45, 7) is 1.92. The highest BCUT2D eigenvalue weighted by Crippen LogP contribution is 2.33. The van der Waals surface area contributed by atoms with Gasteiger partial charge in [-0.15, -0.1) is 22.6 Å². The van der Waals surface area contributed by atoms with E-state index < -0.39 is 5.97 Å². The lowest BCUT2D eigenvalue weighted by Crippen LogP contribution is -2.35. The van der Waals surface area contributed by atoms with Crippen molar-refractivity contribution in [3.8, 4) is 11.8 Å². The summed E-state index contributed by atoms with van der Waals surface area (Å²) in [5, 5.41) is 32.9. The van der Waals surface area contributed by atoms with E-state index in [2.05, 4.69) is 26.5 Å². The lowest BCUT2D eigenvalue weighted by molar-refractivity contribution is -0.138. The SMILES string of the molecule is COc1ccc(CNc2nnc(N3CCC(CC(=O)O)CC3)c3ccc(C#N)cc23)cc1Cl.Cl. The molecule has 0 atom stereocenters. The smallest absolute Gasteiger partial charge is 0.303 e. The Morgan fingerprint density at radius 2 is 2.00 bits per heavy atom. The van der Waals surface area contributed by atoms with Crippen LogP contribution in [0.3, 0.4) is 0 Å². The van der Waals surface area contributed by atoms with Gasteiger partial charge in [-0.3, -0.25) is 4.79 Å². The summed E-state index contributed by atoms with van der Waals surface area (Å²) in [6, 6.07) is 13.2. The fraction of sp³-hybridized carbons (Fsp3) is 0.333. The van der Waals surface area contributed by atoms with Gasteiger partial charge in [-0.2, -0.15) is 5.26 Å². The molecule has 0 amide bonds. The third-order valence-electron chi connectivity index (χ3n) is 5.94. The molecule has 8 nitrogen and oxygen atoms in total. The number of nitrogens with zero attached hydrogens (tertiary/aromatic N) is 4. The Morgan fingerprint density at radius 1 is 1.24 bits per heavy atom. The predicted octanol–water partition coefficient (Wildman–Crippen LogP) is 4.89. The van der Waals surface area contributed by atoms with Crippen molar-refractivity contribution in [2.45, 2.75) is 25.8 Å². The molecule has 0 aliphatic carbocycles. The number of nitrogens with one attached hydrogen (secondary N) is 1. The molecular formula is C24H25Cl2N5O3. The lowest BCUT2D eigenvalue weighted by atomic mass is 9.93. The van der Waals surface area contributed by atoms with Gasteiger partial charge in [0.1, 0.15) is 5.75 Å². The average molecular weight is 502 g/mol. The molecule has 0 radical (unpaired) electrons. The van der Waals surface area contributed by atoms with Crippen LogP contribution in [0.2, 0.25) is 5.02 Å². The predicted molar refractivity (Wildman–Crippen MR) is 134 cm³/mol. The Labute approximate surface area is 208 Å². The first-order valence-electron chi connectivity index (χ1n) is 10.7. The molecule has 0 bridgehead atoms. The number of rotatable bonds is 7. The molecule has 178 valence electrons. The van der Waals surface area contributed by atoms with Crippen molar-refractivity contribution < 1.29 is 14.6 Å². The second kappa shape index (κ2) is 11.2. The van der Waals surface area contributed by atoms with Crippen molar-refractivity contribution in [3.63, 3.8) is 0 Å². The summed E-state index contributed by atoms with van der Waals surface area (Å²) in [6.07, 6.45) is 1.79. The van der Waals surface area contributed by atoms with Gasteiger partial charge >= 0.3 is 5.97 Å². The number of carboxylic acid groups (broad SMARTS) is 1. The van der Waals surface area contributed by atoms with Gasteiger partial charge in [0.05, 0.1) is 23.8 Å². The molecular weight excluding hydrogens is 477 g/mol. The number of anilines is 2. The zero-order valence-corrected chi connectivity index (χ0v) is 20.2. The first-order chi connectivity index (χ1) is 16.0. The lowest BCUT2D eigenvalue weighted by Gasteiger charge is -2.32. The highest BCUT2D eigenvalue weighted by molar-refractivity contribution is 6.32. The average Bonchev–Trinajstić information content (AvgIpc) is 2.82. The highest BCUT2D eigenvalue weighted by Gasteiger charge is 2.24. The number of hydrogen-bond donors (Lipinski definition) is 2. The van der Waals surface area contributed by atoms with Gasteiger partial charge in [0, 0.05) is 36.8 Å². The van der Waals surface area contributed by atoms with Gasteiger partial charge in [-0.05, 0) is 54.7 Å². The van der Waals surface area contributed by atoms with E-state index in [0.717, 1.165) is 48.1 Å². The quantitative estimate of drug-likeness (QED) is 0.470. The van der Waals surface area contributed by atoms with Gasteiger partial charge in [0.25, 0.3) is 0 Å². The highest BCUT2D eigenvalue weighted by atomic mass is 35.5. The fourth-order valence-corrected chi connectivity index (χ4v) is 4.46. The molecule has 1 aliphatic rings. The van der Waals surface area contributed by atoms with E-state index in [0.29, 0.717) is 28.7 Å². The summed E-state index contributed by atoms with van der Waals surface area (Å²) in [5.41, 5.74) is 1.49. The summed E-state index contributed by atoms with van der Waals surface area (Å²) in [4.78, 5) is 13.2. The molecule has 1 saturated heterocycles. The minimum absolute atomic E-state index is 0. The van der Waals surface area contributed by atoms with Crippen LogP contribution in [-0.4, -0.2) is 41.5 Å². The van der Waals surface area contributed by atoms with E-state index in [9.17, 15) is 10.1 Å². The Hall–Kier alpha value is -3.28. The normalized spacial score (nSPS) is 13.7. The van der Waals surface area contributed by atoms with Gasteiger partial charge in [0.15, 0.2) is 11.6 Å². The minimum Gasteiger partial charge on any atom is -0.495 e. The van der Waals surface area contributed by atoms with E-state index in [4.69, 9.17) is 21.4 Å². The number of piperidine rings is 1. The number of halogens is 2. The van der Waals surface area contributed by atoms with Crippen LogP contribution in [-0.2, 0) is 11.3 Å². The van der Waals surface area contributed by atoms with Crippen molar-refractivity contribution in [1.82, 2.24) is 10.2 Å². The van der Waals surface area contributed by atoms with E-state index in [-0.39, 0.29) is 24.7 Å². The molecule has 0 unspecified atom stereocenters. The second-order valence-corrected chi connectivity index (χ2v) is 8.50. The Bertz CT molecular complexity index is 1220. The standard InChI is InChI=1S/C24H24ClN5O3.ClH/c1-33-21-5-3-17(11-20(21)25)14-27-23-19-10-16(13-26)2-4-18(19)24(29-28-23)30-8-6-15(7-9-30)12-22(31)32;/h2-5,10-11,15H,6-9,12,14H2,1H3,(H,27,28)(H,31,32);1H. The molecule has 0 spiro atoms. The molecule has 1 aliphatic heterocycles. The molecule has 2 N–H and O–H groups in total. The number of nitriles is 1. The summed E-state index contributed by atoms with van der Waals surface area (Å²) in [5.74, 6) is 1.37. The van der Waals surface area contributed by atoms with Crippen LogP contribution < -0.4 is 15.0 Å². The molecule has 1 aromatic heterocycles. The first-order valence-corrected chi connectivity index (χ1v) is 11.1. The van der Waals surface area contributed by atoms with Crippen molar-refractivity contribution in [3.05, 3.63) is 52.5 Å². The number of aromatic nitrogens is 2.